The Labute approximate surface area is 231 Å². The molecule has 2 aromatic heterocycles. The largest absolute Gasteiger partial charge is 0.508 e. The molecule has 0 unspecified atom stereocenters. The van der Waals surface area contributed by atoms with Crippen LogP contribution in [0.2, 0.25) is 0 Å². The molecule has 0 bridgehead atoms. The van der Waals surface area contributed by atoms with Crippen molar-refractivity contribution < 1.29 is 15.3 Å². The summed E-state index contributed by atoms with van der Waals surface area (Å²) in [7, 11) is 0. The first-order chi connectivity index (χ1) is 19.1. The predicted molar refractivity (Wildman–Crippen MR) is 155 cm³/mol. The number of phenolic OH excluding ortho intramolecular Hbond substituents is 1. The summed E-state index contributed by atoms with van der Waals surface area (Å²) >= 11 is 0. The van der Waals surface area contributed by atoms with Gasteiger partial charge in [0.25, 0.3) is 11.1 Å². The van der Waals surface area contributed by atoms with Crippen molar-refractivity contribution in [1.82, 2.24) is 9.13 Å². The molecule has 3 N–H and O–H groups in total. The molecule has 7 heteroatoms. The Morgan fingerprint density at radius 2 is 0.925 bits per heavy atom. The molecule has 0 saturated carbocycles. The molecule has 5 aromatic rings. The topological polar surface area (TPSA) is 105 Å². The standard InChI is InChI=1S/C33H30N2O5/c1-19-5-11-24(12-6-19)34-21(3)17-27(37)30(32(34)39)29(23-9-15-26(36)16-10-23)31-28(38)18-22(4)35(33(31)40)25-13-7-20(2)8-14-25/h5-18,29,36-38H,1-4H3. The molecular formula is C33H30N2O5. The number of aryl methyl sites for hydroxylation is 4. The summed E-state index contributed by atoms with van der Waals surface area (Å²) in [5.74, 6) is -1.75. The van der Waals surface area contributed by atoms with Gasteiger partial charge >= 0.3 is 0 Å². The Hall–Kier alpha value is -5.04. The zero-order valence-electron chi connectivity index (χ0n) is 22.7. The van der Waals surface area contributed by atoms with E-state index >= 15 is 0 Å². The van der Waals surface area contributed by atoms with Gasteiger partial charge in [0, 0.05) is 34.9 Å². The number of hydrogen-bond acceptors (Lipinski definition) is 5. The fraction of sp³-hybridized carbons (Fsp3) is 0.152. The van der Waals surface area contributed by atoms with Gasteiger partial charge in [0.1, 0.15) is 17.2 Å². The lowest BCUT2D eigenvalue weighted by Gasteiger charge is -2.23. The first kappa shape index (κ1) is 26.6. The van der Waals surface area contributed by atoms with Crippen LogP contribution in [0, 0.1) is 27.7 Å². The van der Waals surface area contributed by atoms with Crippen molar-refractivity contribution in [2.24, 2.45) is 0 Å². The minimum absolute atomic E-state index is 0.00195. The normalized spacial score (nSPS) is 11.2. The van der Waals surface area contributed by atoms with E-state index in [0.29, 0.717) is 28.3 Å². The average molecular weight is 535 g/mol. The van der Waals surface area contributed by atoms with Gasteiger partial charge in [-0.3, -0.25) is 18.7 Å². The van der Waals surface area contributed by atoms with E-state index in [2.05, 4.69) is 0 Å². The van der Waals surface area contributed by atoms with Crippen LogP contribution in [0.3, 0.4) is 0 Å². The van der Waals surface area contributed by atoms with Crippen LogP contribution in [0.25, 0.3) is 11.4 Å². The smallest absolute Gasteiger partial charge is 0.263 e. The Bertz CT molecular complexity index is 1720. The molecule has 202 valence electrons. The highest BCUT2D eigenvalue weighted by molar-refractivity contribution is 5.55. The lowest BCUT2D eigenvalue weighted by atomic mass is 9.84. The minimum Gasteiger partial charge on any atom is -0.508 e. The lowest BCUT2D eigenvalue weighted by molar-refractivity contribution is 0.452. The number of aromatic hydroxyl groups is 3. The van der Waals surface area contributed by atoms with Crippen molar-refractivity contribution in [3.05, 3.63) is 145 Å². The summed E-state index contributed by atoms with van der Waals surface area (Å²) in [4.78, 5) is 28.4. The van der Waals surface area contributed by atoms with E-state index in [0.717, 1.165) is 11.1 Å². The summed E-state index contributed by atoms with van der Waals surface area (Å²) in [5.41, 5.74) is 3.51. The van der Waals surface area contributed by atoms with E-state index in [4.69, 9.17) is 0 Å². The van der Waals surface area contributed by atoms with Gasteiger partial charge in [0.15, 0.2) is 0 Å². The monoisotopic (exact) mass is 534 g/mol. The van der Waals surface area contributed by atoms with Gasteiger partial charge in [-0.15, -0.1) is 0 Å². The number of nitrogens with zero attached hydrogens (tertiary/aromatic N) is 2. The van der Waals surface area contributed by atoms with Crippen molar-refractivity contribution >= 4 is 0 Å². The van der Waals surface area contributed by atoms with Gasteiger partial charge in [-0.1, -0.05) is 47.5 Å². The molecular weight excluding hydrogens is 504 g/mol. The Kier molecular flexibility index (Phi) is 6.81. The predicted octanol–water partition coefficient (Wildman–Crippen LogP) is 5.52. The maximum atomic E-state index is 14.2. The van der Waals surface area contributed by atoms with E-state index in [1.807, 2.05) is 62.4 Å². The fourth-order valence-corrected chi connectivity index (χ4v) is 5.18. The van der Waals surface area contributed by atoms with Crippen LogP contribution in [-0.2, 0) is 0 Å². The number of aromatic nitrogens is 2. The lowest BCUT2D eigenvalue weighted by Crippen LogP contribution is -2.31. The van der Waals surface area contributed by atoms with Gasteiger partial charge in [-0.2, -0.15) is 0 Å². The molecule has 0 amide bonds. The second-order valence-electron chi connectivity index (χ2n) is 10.1. The molecule has 7 nitrogen and oxygen atoms in total. The summed E-state index contributed by atoms with van der Waals surface area (Å²) < 4.78 is 2.96. The zero-order valence-corrected chi connectivity index (χ0v) is 22.7. The minimum atomic E-state index is -1.14. The van der Waals surface area contributed by atoms with Crippen molar-refractivity contribution in [2.75, 3.05) is 0 Å². The molecule has 0 saturated heterocycles. The van der Waals surface area contributed by atoms with Crippen LogP contribution in [0.1, 0.15) is 45.1 Å². The van der Waals surface area contributed by atoms with Gasteiger partial charge in [-0.05, 0) is 69.7 Å². The van der Waals surface area contributed by atoms with E-state index in [9.17, 15) is 24.9 Å². The summed E-state index contributed by atoms with van der Waals surface area (Å²) in [6.07, 6.45) is 0. The van der Waals surface area contributed by atoms with Crippen LogP contribution >= 0.6 is 0 Å². The maximum Gasteiger partial charge on any atom is 0.263 e. The van der Waals surface area contributed by atoms with Gasteiger partial charge < -0.3 is 15.3 Å². The van der Waals surface area contributed by atoms with Crippen molar-refractivity contribution in [3.63, 3.8) is 0 Å². The molecule has 0 fully saturated rings. The molecule has 0 spiro atoms. The zero-order chi connectivity index (χ0) is 28.7. The number of hydrogen-bond donors (Lipinski definition) is 3. The number of phenols is 1. The van der Waals surface area contributed by atoms with Crippen molar-refractivity contribution in [1.29, 1.82) is 0 Å². The molecule has 40 heavy (non-hydrogen) atoms. The van der Waals surface area contributed by atoms with Crippen LogP contribution in [-0.4, -0.2) is 24.5 Å². The molecule has 0 aliphatic rings. The highest BCUT2D eigenvalue weighted by Gasteiger charge is 2.31. The van der Waals surface area contributed by atoms with Gasteiger partial charge in [0.2, 0.25) is 0 Å². The molecule has 3 aromatic carbocycles. The van der Waals surface area contributed by atoms with Crippen LogP contribution in [0.15, 0.2) is 94.5 Å². The summed E-state index contributed by atoms with van der Waals surface area (Å²) in [5, 5.41) is 32.4. The van der Waals surface area contributed by atoms with Crippen molar-refractivity contribution in [2.45, 2.75) is 33.6 Å². The molecule has 0 aliphatic heterocycles. The Balaban J connectivity index is 1.86. The number of benzene rings is 3. The van der Waals surface area contributed by atoms with Gasteiger partial charge in [-0.25, -0.2) is 0 Å². The van der Waals surface area contributed by atoms with E-state index in [-0.39, 0.29) is 28.4 Å². The first-order valence-corrected chi connectivity index (χ1v) is 12.9. The SMILES string of the molecule is Cc1ccc(-n2c(C)cc(O)c(C(c3ccc(O)cc3)c3c(O)cc(C)n(-c4ccc(C)cc4)c3=O)c2=O)cc1. The average Bonchev–Trinajstić information content (AvgIpc) is 2.90. The maximum absolute atomic E-state index is 14.2. The van der Waals surface area contributed by atoms with Gasteiger partial charge in [0.05, 0.1) is 17.0 Å². The molecule has 0 atom stereocenters. The van der Waals surface area contributed by atoms with E-state index in [1.165, 1.54) is 33.4 Å². The quantitative estimate of drug-likeness (QED) is 0.275. The molecule has 5 rings (SSSR count). The summed E-state index contributed by atoms with van der Waals surface area (Å²) in [6, 6.07) is 23.8. The third-order valence-corrected chi connectivity index (χ3v) is 7.20. The second-order valence-corrected chi connectivity index (χ2v) is 10.1. The van der Waals surface area contributed by atoms with Crippen LogP contribution in [0.5, 0.6) is 17.2 Å². The van der Waals surface area contributed by atoms with E-state index < -0.39 is 17.0 Å². The first-order valence-electron chi connectivity index (χ1n) is 12.9. The Morgan fingerprint density at radius 3 is 1.30 bits per heavy atom. The van der Waals surface area contributed by atoms with Crippen LogP contribution < -0.4 is 11.1 Å². The number of rotatable bonds is 5. The van der Waals surface area contributed by atoms with E-state index in [1.54, 1.807) is 26.0 Å². The second kappa shape index (κ2) is 10.3. The number of pyridine rings is 2. The molecule has 0 radical (unpaired) electrons. The highest BCUT2D eigenvalue weighted by atomic mass is 16.3. The van der Waals surface area contributed by atoms with Crippen LogP contribution in [0.4, 0.5) is 0 Å². The van der Waals surface area contributed by atoms with Crippen molar-refractivity contribution in [3.8, 4) is 28.6 Å². The summed E-state index contributed by atoms with van der Waals surface area (Å²) in [6.45, 7) is 7.33. The highest BCUT2D eigenvalue weighted by Crippen LogP contribution is 2.38. The Morgan fingerprint density at radius 1 is 0.550 bits per heavy atom. The molecule has 2 heterocycles. The fourth-order valence-electron chi connectivity index (χ4n) is 5.18. The molecule has 0 aliphatic carbocycles. The third-order valence-electron chi connectivity index (χ3n) is 7.20. The third kappa shape index (κ3) is 4.66.